The third kappa shape index (κ3) is 5.16. The number of benzene rings is 2. The van der Waals surface area contributed by atoms with Crippen molar-refractivity contribution in [2.24, 2.45) is 0 Å². The predicted octanol–water partition coefficient (Wildman–Crippen LogP) is 3.63. The minimum absolute atomic E-state index is 0.173. The van der Waals surface area contributed by atoms with Gasteiger partial charge in [0.1, 0.15) is 11.5 Å². The predicted molar refractivity (Wildman–Crippen MR) is 104 cm³/mol. The summed E-state index contributed by atoms with van der Waals surface area (Å²) in [6, 6.07) is 15.9. The Hall–Kier alpha value is -2.68. The van der Waals surface area contributed by atoms with E-state index >= 15 is 0 Å². The van der Waals surface area contributed by atoms with E-state index in [0.717, 1.165) is 5.56 Å². The molecule has 8 heteroatoms. The Kier molecular flexibility index (Phi) is 6.23. The first-order chi connectivity index (χ1) is 13.0. The van der Waals surface area contributed by atoms with Crippen LogP contribution in [-0.4, -0.2) is 21.4 Å². The lowest BCUT2D eigenvalue weighted by Crippen LogP contribution is -2.15. The summed E-state index contributed by atoms with van der Waals surface area (Å²) in [5.74, 6) is -0.440. The second-order valence-corrected chi connectivity index (χ2v) is 7.77. The number of nitrogens with zero attached hydrogens (tertiary/aromatic N) is 1. The van der Waals surface area contributed by atoms with Crippen molar-refractivity contribution in [2.45, 2.75) is 17.7 Å². The van der Waals surface area contributed by atoms with Crippen LogP contribution in [0.15, 0.2) is 65.0 Å². The van der Waals surface area contributed by atoms with Gasteiger partial charge in [-0.2, -0.15) is 4.98 Å². The third-order valence-corrected chi connectivity index (χ3v) is 5.64. The second-order valence-electron chi connectivity index (χ2n) is 5.51. The van der Waals surface area contributed by atoms with Crippen LogP contribution in [0.1, 0.15) is 22.8 Å². The molecule has 0 fully saturated rings. The highest BCUT2D eigenvalue weighted by Crippen LogP contribution is 2.24. The van der Waals surface area contributed by atoms with Gasteiger partial charge in [0, 0.05) is 23.7 Å². The van der Waals surface area contributed by atoms with Crippen LogP contribution in [0.2, 0.25) is 0 Å². The number of amides is 1. The largest absolute Gasteiger partial charge is 0.610 e. The molecule has 0 aliphatic heterocycles. The molecule has 0 aliphatic carbocycles. The van der Waals surface area contributed by atoms with Crippen LogP contribution in [0.25, 0.3) is 0 Å². The summed E-state index contributed by atoms with van der Waals surface area (Å²) < 4.78 is 17.5. The summed E-state index contributed by atoms with van der Waals surface area (Å²) in [7, 11) is 0. The van der Waals surface area contributed by atoms with Crippen LogP contribution >= 0.6 is 11.3 Å². The maximum absolute atomic E-state index is 12.5. The van der Waals surface area contributed by atoms with Crippen molar-refractivity contribution in [3.63, 3.8) is 0 Å². The van der Waals surface area contributed by atoms with Crippen LogP contribution in [0.3, 0.4) is 0 Å². The maximum atomic E-state index is 12.5. The van der Waals surface area contributed by atoms with E-state index in [0.29, 0.717) is 15.9 Å². The average Bonchev–Trinajstić information content (AvgIpc) is 3.11. The smallest absolute Gasteiger partial charge is 0.308 e. The first kappa shape index (κ1) is 19.1. The second kappa shape index (κ2) is 8.81. The fourth-order valence-corrected chi connectivity index (χ4v) is 4.32. The maximum Gasteiger partial charge on any atom is 0.308 e. The number of aromatic nitrogens is 1. The molecule has 1 atom stereocenters. The molecule has 2 aromatic carbocycles. The fourth-order valence-electron chi connectivity index (χ4n) is 2.28. The van der Waals surface area contributed by atoms with E-state index in [1.807, 2.05) is 30.3 Å². The van der Waals surface area contributed by atoms with Gasteiger partial charge in [0.15, 0.2) is 5.13 Å². The summed E-state index contributed by atoms with van der Waals surface area (Å²) >= 11 is -0.119. The van der Waals surface area contributed by atoms with Crippen molar-refractivity contribution in [3.8, 4) is 5.75 Å². The van der Waals surface area contributed by atoms with E-state index in [1.54, 1.807) is 29.6 Å². The lowest BCUT2D eigenvalue weighted by atomic mass is 10.2. The number of nitrogens with one attached hydrogen (secondary N) is 1. The van der Waals surface area contributed by atoms with E-state index < -0.39 is 23.1 Å². The number of esters is 1. The van der Waals surface area contributed by atoms with Gasteiger partial charge in [0.2, 0.25) is 0 Å². The SMILES string of the molecule is CC(=O)Oc1ccccc1C(=O)Nc1nc([S+]([O-])Cc2ccccc2)cs1. The molecule has 0 saturated carbocycles. The Balaban J connectivity index is 1.69. The van der Waals surface area contributed by atoms with E-state index in [-0.39, 0.29) is 11.3 Å². The molecule has 1 aromatic heterocycles. The van der Waals surface area contributed by atoms with Gasteiger partial charge >= 0.3 is 5.97 Å². The number of ether oxygens (including phenoxy) is 1. The number of para-hydroxylation sites is 1. The molecule has 1 N–H and O–H groups in total. The molecule has 0 radical (unpaired) electrons. The first-order valence-corrected chi connectivity index (χ1v) is 10.2. The molecule has 0 spiro atoms. The number of carbonyl (C=O) groups is 2. The zero-order valence-electron chi connectivity index (χ0n) is 14.4. The number of rotatable bonds is 6. The average molecular weight is 400 g/mol. The highest BCUT2D eigenvalue weighted by Gasteiger charge is 2.19. The molecule has 1 unspecified atom stereocenters. The topological polar surface area (TPSA) is 91.4 Å². The molecule has 138 valence electrons. The summed E-state index contributed by atoms with van der Waals surface area (Å²) in [5, 5.41) is 5.05. The zero-order valence-corrected chi connectivity index (χ0v) is 16.0. The summed E-state index contributed by atoms with van der Waals surface area (Å²) in [6.07, 6.45) is 0. The molecule has 0 aliphatic rings. The highest BCUT2D eigenvalue weighted by atomic mass is 32.2. The van der Waals surface area contributed by atoms with Crippen LogP contribution in [0.4, 0.5) is 5.13 Å². The van der Waals surface area contributed by atoms with Crippen molar-refractivity contribution in [1.29, 1.82) is 0 Å². The quantitative estimate of drug-likeness (QED) is 0.388. The number of thiazole rings is 1. The molecular weight excluding hydrogens is 384 g/mol. The van der Waals surface area contributed by atoms with Gasteiger partial charge in [-0.3, -0.25) is 14.9 Å². The Morgan fingerprint density at radius 3 is 2.59 bits per heavy atom. The number of hydrogen-bond acceptors (Lipinski definition) is 6. The number of carbonyl (C=O) groups excluding carboxylic acids is 2. The first-order valence-electron chi connectivity index (χ1n) is 7.99. The number of hydrogen-bond donors (Lipinski definition) is 1. The van der Waals surface area contributed by atoms with Crippen LogP contribution < -0.4 is 10.1 Å². The molecule has 3 aromatic rings. The van der Waals surface area contributed by atoms with Crippen molar-refractivity contribution in [3.05, 3.63) is 71.1 Å². The summed E-state index contributed by atoms with van der Waals surface area (Å²) in [6.45, 7) is 1.27. The molecule has 0 bridgehead atoms. The van der Waals surface area contributed by atoms with Gasteiger partial charge in [-0.1, -0.05) is 53.8 Å². The minimum atomic E-state index is -1.31. The van der Waals surface area contributed by atoms with Crippen LogP contribution in [0, 0.1) is 0 Å². The van der Waals surface area contributed by atoms with Crippen molar-refractivity contribution in [2.75, 3.05) is 5.32 Å². The third-order valence-electron chi connectivity index (χ3n) is 3.46. The molecule has 6 nitrogen and oxygen atoms in total. The standard InChI is InChI=1S/C19H16N2O4S2/c1-13(22)25-16-10-6-5-9-15(16)18(23)21-19-20-17(11-26-19)27(24)12-14-7-3-2-4-8-14/h2-11H,12H2,1H3,(H,20,21,23). The van der Waals surface area contributed by atoms with Gasteiger partial charge < -0.3 is 9.29 Å². The van der Waals surface area contributed by atoms with Gasteiger partial charge in [-0.25, -0.2) is 0 Å². The van der Waals surface area contributed by atoms with Gasteiger partial charge in [-0.15, -0.1) is 0 Å². The minimum Gasteiger partial charge on any atom is -0.610 e. The fraction of sp³-hybridized carbons (Fsp3) is 0.105. The Morgan fingerprint density at radius 2 is 1.85 bits per heavy atom. The summed E-state index contributed by atoms with van der Waals surface area (Å²) in [5.41, 5.74) is 1.17. The van der Waals surface area contributed by atoms with E-state index in [1.165, 1.54) is 18.3 Å². The lowest BCUT2D eigenvalue weighted by molar-refractivity contribution is -0.131. The van der Waals surface area contributed by atoms with E-state index in [9.17, 15) is 14.1 Å². The van der Waals surface area contributed by atoms with Gasteiger partial charge in [0.05, 0.1) is 10.9 Å². The molecule has 27 heavy (non-hydrogen) atoms. The Labute approximate surface area is 163 Å². The van der Waals surface area contributed by atoms with Crippen molar-refractivity contribution in [1.82, 2.24) is 4.98 Å². The van der Waals surface area contributed by atoms with Gasteiger partial charge in [-0.05, 0) is 12.1 Å². The van der Waals surface area contributed by atoms with E-state index in [4.69, 9.17) is 4.74 Å². The molecular formula is C19H16N2O4S2. The lowest BCUT2D eigenvalue weighted by Gasteiger charge is -2.08. The highest BCUT2D eigenvalue weighted by molar-refractivity contribution is 7.90. The monoisotopic (exact) mass is 400 g/mol. The Bertz CT molecular complexity index is 944. The van der Waals surface area contributed by atoms with Crippen LogP contribution in [-0.2, 0) is 21.7 Å². The van der Waals surface area contributed by atoms with Crippen molar-refractivity contribution >= 4 is 39.5 Å². The zero-order chi connectivity index (χ0) is 19.2. The molecule has 0 saturated heterocycles. The number of anilines is 1. The molecule has 3 rings (SSSR count). The van der Waals surface area contributed by atoms with E-state index in [2.05, 4.69) is 10.3 Å². The molecule has 1 heterocycles. The molecule has 1 amide bonds. The normalized spacial score (nSPS) is 11.6. The Morgan fingerprint density at radius 1 is 1.15 bits per heavy atom. The van der Waals surface area contributed by atoms with Crippen LogP contribution in [0.5, 0.6) is 5.75 Å². The van der Waals surface area contributed by atoms with Crippen molar-refractivity contribution < 1.29 is 18.9 Å². The summed E-state index contributed by atoms with van der Waals surface area (Å²) in [4.78, 5) is 27.9. The van der Waals surface area contributed by atoms with Gasteiger partial charge in [0.25, 0.3) is 10.9 Å².